The second-order valence-electron chi connectivity index (χ2n) is 8.19. The van der Waals surface area contributed by atoms with Crippen molar-refractivity contribution in [1.82, 2.24) is 10.2 Å². The zero-order chi connectivity index (χ0) is 20.8. The molecule has 0 heterocycles. The molecule has 168 valence electrons. The van der Waals surface area contributed by atoms with Crippen LogP contribution in [0.2, 0.25) is 0 Å². The van der Waals surface area contributed by atoms with Crippen LogP contribution in [-0.4, -0.2) is 6.54 Å². The molecule has 0 aliphatic carbocycles. The van der Waals surface area contributed by atoms with Gasteiger partial charge in [-0.1, -0.05) is 116 Å². The van der Waals surface area contributed by atoms with Gasteiger partial charge >= 0.3 is 0 Å². The van der Waals surface area contributed by atoms with Crippen molar-refractivity contribution in [3.8, 4) is 0 Å². The Morgan fingerprint density at radius 3 is 1.54 bits per heavy atom. The largest absolute Gasteiger partial charge is 0.320 e. The molecule has 0 saturated heterocycles. The standard InChI is InChI=1S/C23H50N3OP/c1-3-5-6-7-8-9-10-11-12-13-14-15-16-17-18-19-20-21-23-26-28(24,27)25-22-4-2/h21,23H,3-20,22H2,1-2H3,(H4,24,25,26,27). The zero-order valence-electron chi connectivity index (χ0n) is 19.0. The first-order valence-corrected chi connectivity index (χ1v) is 14.0. The van der Waals surface area contributed by atoms with Gasteiger partial charge in [0.2, 0.25) is 0 Å². The zero-order valence-corrected chi connectivity index (χ0v) is 19.9. The Bertz CT molecular complexity index is 388. The molecule has 0 rings (SSSR count). The molecule has 0 saturated carbocycles. The molecule has 0 aliphatic heterocycles. The Hall–Kier alpha value is -0.310. The third-order valence-corrected chi connectivity index (χ3v) is 6.43. The van der Waals surface area contributed by atoms with E-state index in [0.29, 0.717) is 6.54 Å². The lowest BCUT2D eigenvalue weighted by molar-refractivity contribution is 0.530. The predicted molar refractivity (Wildman–Crippen MR) is 127 cm³/mol. The highest BCUT2D eigenvalue weighted by Gasteiger charge is 2.10. The first-order chi connectivity index (χ1) is 13.6. The Balaban J connectivity index is 3.21. The topological polar surface area (TPSA) is 67.1 Å². The van der Waals surface area contributed by atoms with Crippen LogP contribution in [0, 0.1) is 0 Å². The molecule has 0 amide bonds. The molecule has 4 N–H and O–H groups in total. The summed E-state index contributed by atoms with van der Waals surface area (Å²) in [5, 5.41) is 5.63. The van der Waals surface area contributed by atoms with E-state index in [4.69, 9.17) is 5.50 Å². The number of unbranched alkanes of at least 4 members (excludes halogenated alkanes) is 16. The molecule has 0 spiro atoms. The van der Waals surface area contributed by atoms with Crippen LogP contribution in [0.25, 0.3) is 0 Å². The molecule has 1 unspecified atom stereocenters. The van der Waals surface area contributed by atoms with Crippen LogP contribution in [0.4, 0.5) is 0 Å². The summed E-state index contributed by atoms with van der Waals surface area (Å²) in [4.78, 5) is 0. The highest BCUT2D eigenvalue weighted by Crippen LogP contribution is 2.23. The summed E-state index contributed by atoms with van der Waals surface area (Å²) >= 11 is 0. The number of nitrogens with one attached hydrogen (secondary N) is 2. The fraction of sp³-hybridized carbons (Fsp3) is 0.913. The lowest BCUT2D eigenvalue weighted by Gasteiger charge is -2.13. The second-order valence-corrected chi connectivity index (χ2v) is 10.1. The summed E-state index contributed by atoms with van der Waals surface area (Å²) in [6.45, 7) is 4.99. The van der Waals surface area contributed by atoms with Crippen molar-refractivity contribution in [3.63, 3.8) is 0 Å². The molecular weight excluding hydrogens is 365 g/mol. The van der Waals surface area contributed by atoms with Gasteiger partial charge in [-0.05, 0) is 19.3 Å². The van der Waals surface area contributed by atoms with Crippen LogP contribution in [0.5, 0.6) is 0 Å². The van der Waals surface area contributed by atoms with E-state index in [2.05, 4.69) is 17.1 Å². The van der Waals surface area contributed by atoms with Gasteiger partial charge in [-0.25, -0.2) is 5.09 Å². The van der Waals surface area contributed by atoms with Crippen molar-refractivity contribution in [1.29, 1.82) is 0 Å². The minimum Gasteiger partial charge on any atom is -0.320 e. The molecule has 4 nitrogen and oxygen atoms in total. The maximum atomic E-state index is 11.9. The molecular formula is C23H50N3OP. The number of hydrogen-bond acceptors (Lipinski definition) is 1. The van der Waals surface area contributed by atoms with Crippen molar-refractivity contribution in [3.05, 3.63) is 12.3 Å². The lowest BCUT2D eigenvalue weighted by atomic mass is 10.0. The van der Waals surface area contributed by atoms with Gasteiger partial charge in [0.25, 0.3) is 7.59 Å². The van der Waals surface area contributed by atoms with Crippen molar-refractivity contribution in [2.45, 2.75) is 129 Å². The highest BCUT2D eigenvalue weighted by atomic mass is 31.2. The Morgan fingerprint density at radius 2 is 1.11 bits per heavy atom. The molecule has 28 heavy (non-hydrogen) atoms. The molecule has 0 bridgehead atoms. The third kappa shape index (κ3) is 22.0. The van der Waals surface area contributed by atoms with Crippen LogP contribution >= 0.6 is 7.59 Å². The summed E-state index contributed by atoms with van der Waals surface area (Å²) in [7, 11) is -2.89. The van der Waals surface area contributed by atoms with E-state index in [-0.39, 0.29) is 0 Å². The van der Waals surface area contributed by atoms with Gasteiger partial charge in [0, 0.05) is 12.7 Å². The van der Waals surface area contributed by atoms with Gasteiger partial charge in [-0.2, -0.15) is 0 Å². The van der Waals surface area contributed by atoms with Crippen molar-refractivity contribution in [2.24, 2.45) is 5.50 Å². The van der Waals surface area contributed by atoms with E-state index in [0.717, 1.165) is 12.8 Å². The summed E-state index contributed by atoms with van der Waals surface area (Å²) in [6.07, 6.45) is 28.1. The molecule has 0 fully saturated rings. The highest BCUT2D eigenvalue weighted by molar-refractivity contribution is 7.57. The van der Waals surface area contributed by atoms with Crippen LogP contribution in [0.15, 0.2) is 12.3 Å². The van der Waals surface area contributed by atoms with Crippen molar-refractivity contribution < 1.29 is 4.57 Å². The van der Waals surface area contributed by atoms with Gasteiger partial charge < -0.3 is 5.09 Å². The SMILES string of the molecule is CCCCCCCCCCCCCCCCCCC=CNP(N)(=O)NCCC. The summed E-state index contributed by atoms with van der Waals surface area (Å²) in [5.41, 5.74) is 5.66. The van der Waals surface area contributed by atoms with Crippen LogP contribution < -0.4 is 15.7 Å². The maximum Gasteiger partial charge on any atom is 0.300 e. The van der Waals surface area contributed by atoms with E-state index in [1.54, 1.807) is 6.20 Å². The van der Waals surface area contributed by atoms with Gasteiger partial charge in [0.05, 0.1) is 0 Å². The fourth-order valence-corrected chi connectivity index (χ4v) is 4.35. The van der Waals surface area contributed by atoms with E-state index in [9.17, 15) is 4.57 Å². The van der Waals surface area contributed by atoms with Crippen molar-refractivity contribution in [2.75, 3.05) is 6.54 Å². The number of allylic oxidation sites excluding steroid dienone is 1. The van der Waals surface area contributed by atoms with E-state index in [1.165, 1.54) is 103 Å². The summed E-state index contributed by atoms with van der Waals surface area (Å²) < 4.78 is 11.9. The van der Waals surface area contributed by atoms with Crippen LogP contribution in [-0.2, 0) is 4.57 Å². The van der Waals surface area contributed by atoms with Crippen molar-refractivity contribution >= 4 is 7.59 Å². The number of nitrogens with two attached hydrogens (primary N) is 1. The van der Waals surface area contributed by atoms with Gasteiger partial charge in [-0.15, -0.1) is 0 Å². The summed E-state index contributed by atoms with van der Waals surface area (Å²) in [5.74, 6) is 0. The molecule has 0 radical (unpaired) electrons. The van der Waals surface area contributed by atoms with E-state index in [1.807, 2.05) is 13.0 Å². The normalized spacial score (nSPS) is 13.8. The average Bonchev–Trinajstić information content (AvgIpc) is 2.68. The van der Waals surface area contributed by atoms with Gasteiger partial charge in [0.15, 0.2) is 0 Å². The fourth-order valence-electron chi connectivity index (χ4n) is 3.38. The van der Waals surface area contributed by atoms with E-state index < -0.39 is 7.59 Å². The molecule has 0 aliphatic rings. The molecule has 5 heteroatoms. The lowest BCUT2D eigenvalue weighted by Crippen LogP contribution is -2.25. The Morgan fingerprint density at radius 1 is 0.679 bits per heavy atom. The average molecular weight is 416 g/mol. The number of hydrogen-bond donors (Lipinski definition) is 3. The first kappa shape index (κ1) is 27.7. The van der Waals surface area contributed by atoms with E-state index >= 15 is 0 Å². The monoisotopic (exact) mass is 415 g/mol. The van der Waals surface area contributed by atoms with Crippen LogP contribution in [0.3, 0.4) is 0 Å². The molecule has 0 aromatic carbocycles. The number of rotatable bonds is 22. The predicted octanol–water partition coefficient (Wildman–Crippen LogP) is 7.81. The van der Waals surface area contributed by atoms with Crippen LogP contribution in [0.1, 0.15) is 129 Å². The Kier molecular flexibility index (Phi) is 21.2. The maximum absolute atomic E-state index is 11.9. The minimum absolute atomic E-state index is 0.674. The third-order valence-electron chi connectivity index (χ3n) is 5.21. The van der Waals surface area contributed by atoms with Gasteiger partial charge in [0.1, 0.15) is 0 Å². The molecule has 0 aromatic heterocycles. The second kappa shape index (κ2) is 21.4. The molecule has 1 atom stereocenters. The Labute approximate surface area is 176 Å². The smallest absolute Gasteiger partial charge is 0.300 e. The molecule has 0 aromatic rings. The van der Waals surface area contributed by atoms with Gasteiger partial charge in [-0.3, -0.25) is 10.1 Å². The minimum atomic E-state index is -2.89. The first-order valence-electron chi connectivity index (χ1n) is 12.2. The quantitative estimate of drug-likeness (QED) is 0.125. The summed E-state index contributed by atoms with van der Waals surface area (Å²) in [6, 6.07) is 0.